The molecule has 2 saturated heterocycles. The standard InChI is InChI=1S/C18H17Cl2N5O2/c19-12-8-13(20)10-14(9-12)25-16(26)11-15(17(25)27)23-4-6-24(7-5-23)18-21-2-1-3-22-18/h1-3,8-10,15H,4-7,11H2/t15-/m0/s1. The molecule has 0 spiro atoms. The summed E-state index contributed by atoms with van der Waals surface area (Å²) < 4.78 is 0. The minimum absolute atomic E-state index is 0.158. The molecule has 2 fully saturated rings. The molecule has 0 aliphatic carbocycles. The third kappa shape index (κ3) is 3.63. The van der Waals surface area contributed by atoms with Crippen LogP contribution < -0.4 is 9.80 Å². The van der Waals surface area contributed by atoms with Gasteiger partial charge in [-0.1, -0.05) is 23.2 Å². The van der Waals surface area contributed by atoms with Gasteiger partial charge in [0.1, 0.15) is 0 Å². The van der Waals surface area contributed by atoms with Crippen molar-refractivity contribution in [3.63, 3.8) is 0 Å². The number of carbonyl (C=O) groups excluding carboxylic acids is 2. The zero-order valence-electron chi connectivity index (χ0n) is 14.4. The predicted octanol–water partition coefficient (Wildman–Crippen LogP) is 2.24. The van der Waals surface area contributed by atoms with Gasteiger partial charge in [0.2, 0.25) is 11.9 Å². The van der Waals surface area contributed by atoms with Crippen LogP contribution in [0.5, 0.6) is 0 Å². The summed E-state index contributed by atoms with van der Waals surface area (Å²) in [6.07, 6.45) is 3.58. The summed E-state index contributed by atoms with van der Waals surface area (Å²) in [5.74, 6) is 0.209. The lowest BCUT2D eigenvalue weighted by molar-refractivity contribution is -0.123. The van der Waals surface area contributed by atoms with Crippen LogP contribution in [0.3, 0.4) is 0 Å². The van der Waals surface area contributed by atoms with Gasteiger partial charge in [0, 0.05) is 48.6 Å². The van der Waals surface area contributed by atoms with E-state index in [1.807, 2.05) is 4.90 Å². The fourth-order valence-electron chi connectivity index (χ4n) is 3.53. The molecule has 2 amide bonds. The highest BCUT2D eigenvalue weighted by molar-refractivity contribution is 6.35. The average molecular weight is 406 g/mol. The molecule has 9 heteroatoms. The van der Waals surface area contributed by atoms with Gasteiger partial charge in [0.25, 0.3) is 5.91 Å². The molecule has 3 heterocycles. The van der Waals surface area contributed by atoms with E-state index in [4.69, 9.17) is 23.2 Å². The number of halogens is 2. The fraction of sp³-hybridized carbons (Fsp3) is 0.333. The summed E-state index contributed by atoms with van der Waals surface area (Å²) in [7, 11) is 0. The Bertz CT molecular complexity index is 851. The average Bonchev–Trinajstić information content (AvgIpc) is 2.96. The number of benzene rings is 1. The monoisotopic (exact) mass is 405 g/mol. The van der Waals surface area contributed by atoms with Gasteiger partial charge >= 0.3 is 0 Å². The second kappa shape index (κ2) is 7.42. The van der Waals surface area contributed by atoms with Gasteiger partial charge in [0.05, 0.1) is 18.2 Å². The van der Waals surface area contributed by atoms with Crippen LogP contribution in [0.15, 0.2) is 36.7 Å². The van der Waals surface area contributed by atoms with Crippen molar-refractivity contribution in [1.29, 1.82) is 0 Å². The lowest BCUT2D eigenvalue weighted by atomic mass is 10.2. The van der Waals surface area contributed by atoms with Crippen LogP contribution in [0.2, 0.25) is 10.0 Å². The minimum Gasteiger partial charge on any atom is -0.338 e. The molecule has 0 N–H and O–H groups in total. The highest BCUT2D eigenvalue weighted by Crippen LogP contribution is 2.31. The molecule has 1 aromatic heterocycles. The molecular formula is C18H17Cl2N5O2. The van der Waals surface area contributed by atoms with Crippen LogP contribution in [0.1, 0.15) is 6.42 Å². The number of rotatable bonds is 3. The minimum atomic E-state index is -0.464. The number of imide groups is 1. The molecule has 0 radical (unpaired) electrons. The normalized spacial score (nSPS) is 21.2. The summed E-state index contributed by atoms with van der Waals surface area (Å²) in [6.45, 7) is 2.72. The van der Waals surface area contributed by atoms with Crippen molar-refractivity contribution in [3.8, 4) is 0 Å². The topological polar surface area (TPSA) is 69.6 Å². The maximum atomic E-state index is 12.9. The molecule has 0 bridgehead atoms. The van der Waals surface area contributed by atoms with Crippen LogP contribution in [-0.4, -0.2) is 58.9 Å². The van der Waals surface area contributed by atoms with Crippen molar-refractivity contribution in [2.24, 2.45) is 0 Å². The molecule has 2 aliphatic heterocycles. The Kier molecular flexibility index (Phi) is 4.99. The highest BCUT2D eigenvalue weighted by Gasteiger charge is 2.43. The lowest BCUT2D eigenvalue weighted by Crippen LogP contribution is -2.53. The maximum absolute atomic E-state index is 12.9. The first kappa shape index (κ1) is 18.2. The summed E-state index contributed by atoms with van der Waals surface area (Å²) in [4.78, 5) is 39.3. The summed E-state index contributed by atoms with van der Waals surface area (Å²) in [6, 6.07) is 6.04. The molecule has 4 rings (SSSR count). The van der Waals surface area contributed by atoms with Gasteiger partial charge in [-0.15, -0.1) is 0 Å². The van der Waals surface area contributed by atoms with E-state index >= 15 is 0 Å². The summed E-state index contributed by atoms with van der Waals surface area (Å²) in [5.41, 5.74) is 0.418. The SMILES string of the molecule is O=C1C[C@H](N2CCN(c3ncccn3)CC2)C(=O)N1c1cc(Cl)cc(Cl)c1. The number of hydrogen-bond acceptors (Lipinski definition) is 6. The van der Waals surface area contributed by atoms with Crippen LogP contribution >= 0.6 is 23.2 Å². The first-order valence-electron chi connectivity index (χ1n) is 8.62. The Morgan fingerprint density at radius 3 is 2.19 bits per heavy atom. The zero-order valence-corrected chi connectivity index (χ0v) is 15.9. The number of carbonyl (C=O) groups is 2. The first-order chi connectivity index (χ1) is 13.0. The molecule has 0 unspecified atom stereocenters. The van der Waals surface area contributed by atoms with E-state index in [0.29, 0.717) is 47.9 Å². The highest BCUT2D eigenvalue weighted by atomic mass is 35.5. The Morgan fingerprint density at radius 1 is 0.926 bits per heavy atom. The second-order valence-electron chi connectivity index (χ2n) is 6.49. The van der Waals surface area contributed by atoms with Gasteiger partial charge < -0.3 is 4.90 Å². The molecule has 0 saturated carbocycles. The number of anilines is 2. The first-order valence-corrected chi connectivity index (χ1v) is 9.37. The molecule has 2 aliphatic rings. The third-order valence-corrected chi connectivity index (χ3v) is 5.25. The maximum Gasteiger partial charge on any atom is 0.251 e. The lowest BCUT2D eigenvalue weighted by Gasteiger charge is -2.36. The van der Waals surface area contributed by atoms with E-state index in [1.165, 1.54) is 4.90 Å². The van der Waals surface area contributed by atoms with E-state index in [1.54, 1.807) is 36.7 Å². The van der Waals surface area contributed by atoms with Crippen LogP contribution in [0.4, 0.5) is 11.6 Å². The predicted molar refractivity (Wildman–Crippen MR) is 103 cm³/mol. The number of piperazine rings is 1. The van der Waals surface area contributed by atoms with E-state index in [9.17, 15) is 9.59 Å². The van der Waals surface area contributed by atoms with E-state index in [2.05, 4.69) is 14.9 Å². The summed E-state index contributed by atoms with van der Waals surface area (Å²) in [5, 5.41) is 0.774. The van der Waals surface area contributed by atoms with Crippen LogP contribution in [-0.2, 0) is 9.59 Å². The molecule has 1 atom stereocenters. The summed E-state index contributed by atoms with van der Waals surface area (Å²) >= 11 is 12.0. The number of amides is 2. The van der Waals surface area contributed by atoms with Crippen LogP contribution in [0.25, 0.3) is 0 Å². The van der Waals surface area contributed by atoms with Crippen LogP contribution in [0, 0.1) is 0 Å². The van der Waals surface area contributed by atoms with E-state index < -0.39 is 6.04 Å². The Balaban J connectivity index is 1.46. The van der Waals surface area contributed by atoms with Gasteiger partial charge in [-0.3, -0.25) is 14.5 Å². The van der Waals surface area contributed by atoms with Crippen molar-refractivity contribution in [2.45, 2.75) is 12.5 Å². The molecule has 27 heavy (non-hydrogen) atoms. The van der Waals surface area contributed by atoms with Gasteiger partial charge in [-0.2, -0.15) is 0 Å². The van der Waals surface area contributed by atoms with Crippen molar-refractivity contribution in [3.05, 3.63) is 46.7 Å². The molecule has 7 nitrogen and oxygen atoms in total. The molecule has 1 aromatic carbocycles. The number of aromatic nitrogens is 2. The molecule has 140 valence electrons. The third-order valence-electron chi connectivity index (χ3n) is 4.82. The largest absolute Gasteiger partial charge is 0.338 e. The Morgan fingerprint density at radius 2 is 1.56 bits per heavy atom. The van der Waals surface area contributed by atoms with E-state index in [0.717, 1.165) is 0 Å². The number of hydrogen-bond donors (Lipinski definition) is 0. The van der Waals surface area contributed by atoms with Gasteiger partial charge in [0.15, 0.2) is 0 Å². The zero-order chi connectivity index (χ0) is 19.0. The van der Waals surface area contributed by atoms with Crippen molar-refractivity contribution < 1.29 is 9.59 Å². The Hall–Kier alpha value is -2.22. The quantitative estimate of drug-likeness (QED) is 0.729. The van der Waals surface area contributed by atoms with Gasteiger partial charge in [-0.05, 0) is 24.3 Å². The van der Waals surface area contributed by atoms with E-state index in [-0.39, 0.29) is 18.2 Å². The van der Waals surface area contributed by atoms with Gasteiger partial charge in [-0.25, -0.2) is 14.9 Å². The van der Waals surface area contributed by atoms with Crippen molar-refractivity contribution in [1.82, 2.24) is 14.9 Å². The second-order valence-corrected chi connectivity index (χ2v) is 7.36. The molecular weight excluding hydrogens is 389 g/mol. The Labute approximate surface area is 166 Å². The smallest absolute Gasteiger partial charge is 0.251 e. The number of nitrogens with zero attached hydrogens (tertiary/aromatic N) is 5. The fourth-order valence-corrected chi connectivity index (χ4v) is 4.04. The molecule has 2 aromatic rings. The van der Waals surface area contributed by atoms with Crippen molar-refractivity contribution >= 4 is 46.7 Å². The van der Waals surface area contributed by atoms with Crippen molar-refractivity contribution in [2.75, 3.05) is 36.0 Å².